The Balaban J connectivity index is 2.13. The van der Waals surface area contributed by atoms with Crippen LogP contribution in [0.5, 0.6) is 0 Å². The number of nitrogens with one attached hydrogen (secondary N) is 3. The van der Waals surface area contributed by atoms with E-state index in [-0.39, 0.29) is 26.2 Å². The second kappa shape index (κ2) is 11.3. The van der Waals surface area contributed by atoms with Gasteiger partial charge >= 0.3 is 12.1 Å². The molecule has 1 rings (SSSR count). The largest absolute Gasteiger partial charge is 0.468 e. The quantitative estimate of drug-likeness (QED) is 0.461. The van der Waals surface area contributed by atoms with Crippen molar-refractivity contribution in [3.8, 4) is 0 Å². The van der Waals surface area contributed by atoms with Crippen LogP contribution in [0.25, 0.3) is 0 Å². The molecule has 0 fully saturated rings. The lowest BCUT2D eigenvalue weighted by Gasteiger charge is -2.11. The molecule has 1 aromatic carbocycles. The molecule has 1 aromatic rings. The zero-order chi connectivity index (χ0) is 17.8. The molecule has 3 N–H and O–H groups in total. The fraction of sp³-hybridized carbons (Fsp3) is 0.333. The number of carbonyl (C=O) groups excluding carboxylic acids is 2. The summed E-state index contributed by atoms with van der Waals surface area (Å²) in [6.07, 6.45) is -0.561. The summed E-state index contributed by atoms with van der Waals surface area (Å²) in [4.78, 5) is 23.3. The highest BCUT2D eigenvalue weighted by Gasteiger charge is 2.06. The zero-order valence-electron chi connectivity index (χ0n) is 13.2. The smallest absolute Gasteiger partial charge is 0.407 e. The SMILES string of the molecule is COC(=O)CNC(=S)CNC(=S)CNC(=O)OCc1ccccc1. The van der Waals surface area contributed by atoms with Gasteiger partial charge in [-0.05, 0) is 5.56 Å². The van der Waals surface area contributed by atoms with E-state index in [1.807, 2.05) is 30.3 Å². The maximum Gasteiger partial charge on any atom is 0.407 e. The first-order chi connectivity index (χ1) is 11.5. The number of benzene rings is 1. The van der Waals surface area contributed by atoms with Crippen molar-refractivity contribution in [2.75, 3.05) is 26.7 Å². The number of hydrogen-bond acceptors (Lipinski definition) is 6. The van der Waals surface area contributed by atoms with Gasteiger partial charge in [0.25, 0.3) is 0 Å². The van der Waals surface area contributed by atoms with Gasteiger partial charge in [0.1, 0.15) is 13.2 Å². The van der Waals surface area contributed by atoms with Crippen LogP contribution in [-0.4, -0.2) is 48.8 Å². The minimum absolute atomic E-state index is 0.00611. The molecule has 0 aliphatic heterocycles. The third kappa shape index (κ3) is 9.01. The summed E-state index contributed by atoms with van der Waals surface area (Å²) in [6, 6.07) is 9.35. The second-order valence-corrected chi connectivity index (χ2v) is 5.53. The van der Waals surface area contributed by atoms with E-state index in [1.165, 1.54) is 7.11 Å². The Kier molecular flexibility index (Phi) is 9.32. The molecule has 0 unspecified atom stereocenters. The molecular formula is C15H19N3O4S2. The van der Waals surface area contributed by atoms with E-state index in [0.29, 0.717) is 9.98 Å². The summed E-state index contributed by atoms with van der Waals surface area (Å²) in [7, 11) is 1.29. The van der Waals surface area contributed by atoms with Gasteiger partial charge in [0.15, 0.2) is 0 Å². The van der Waals surface area contributed by atoms with E-state index in [9.17, 15) is 9.59 Å². The third-order valence-corrected chi connectivity index (χ3v) is 3.29. The molecule has 24 heavy (non-hydrogen) atoms. The van der Waals surface area contributed by atoms with Gasteiger partial charge < -0.3 is 25.4 Å². The number of amides is 1. The molecule has 9 heteroatoms. The Morgan fingerprint density at radius 1 is 0.958 bits per heavy atom. The van der Waals surface area contributed by atoms with Gasteiger partial charge in [0.05, 0.1) is 30.2 Å². The Bertz CT molecular complexity index is 581. The highest BCUT2D eigenvalue weighted by Crippen LogP contribution is 2.00. The van der Waals surface area contributed by atoms with Gasteiger partial charge in [-0.1, -0.05) is 54.8 Å². The fourth-order valence-corrected chi connectivity index (χ4v) is 1.76. The zero-order valence-corrected chi connectivity index (χ0v) is 14.8. The Morgan fingerprint density at radius 3 is 2.17 bits per heavy atom. The lowest BCUT2D eigenvalue weighted by atomic mass is 10.2. The van der Waals surface area contributed by atoms with Crippen molar-refractivity contribution in [1.82, 2.24) is 16.0 Å². The van der Waals surface area contributed by atoms with Crippen LogP contribution in [0.4, 0.5) is 4.79 Å². The average molecular weight is 369 g/mol. The summed E-state index contributed by atoms with van der Waals surface area (Å²) in [5.41, 5.74) is 0.899. The molecule has 130 valence electrons. The van der Waals surface area contributed by atoms with Gasteiger partial charge in [0.2, 0.25) is 0 Å². The van der Waals surface area contributed by atoms with Crippen molar-refractivity contribution >= 4 is 46.5 Å². The first kappa shape index (κ1) is 19.8. The van der Waals surface area contributed by atoms with Gasteiger partial charge in [-0.25, -0.2) is 4.79 Å². The first-order valence-corrected chi connectivity index (χ1v) is 7.87. The van der Waals surface area contributed by atoms with Crippen molar-refractivity contribution in [2.24, 2.45) is 0 Å². The standard InChI is InChI=1S/C15H19N3O4S2/c1-21-14(19)9-17-12(23)7-16-13(24)8-18-15(20)22-10-11-5-3-2-4-6-11/h2-6H,7-10H2,1H3,(H,16,24)(H,17,23)(H,18,20). The lowest BCUT2D eigenvalue weighted by Crippen LogP contribution is -2.41. The van der Waals surface area contributed by atoms with Crippen LogP contribution < -0.4 is 16.0 Å². The number of alkyl carbamates (subject to hydrolysis) is 1. The summed E-state index contributed by atoms with van der Waals surface area (Å²) < 4.78 is 9.53. The molecule has 0 bridgehead atoms. The van der Waals surface area contributed by atoms with E-state index < -0.39 is 12.1 Å². The molecule has 0 heterocycles. The van der Waals surface area contributed by atoms with Crippen LogP contribution in [0.15, 0.2) is 30.3 Å². The summed E-state index contributed by atoms with van der Waals surface area (Å²) in [5, 5.41) is 8.11. The maximum atomic E-state index is 11.6. The Morgan fingerprint density at radius 2 is 1.54 bits per heavy atom. The highest BCUT2D eigenvalue weighted by molar-refractivity contribution is 7.80. The van der Waals surface area contributed by atoms with E-state index in [4.69, 9.17) is 29.2 Å². The van der Waals surface area contributed by atoms with E-state index >= 15 is 0 Å². The molecular weight excluding hydrogens is 350 g/mol. The van der Waals surface area contributed by atoms with Crippen molar-refractivity contribution < 1.29 is 19.1 Å². The van der Waals surface area contributed by atoms with E-state index in [2.05, 4.69) is 20.7 Å². The normalized spacial score (nSPS) is 9.54. The molecule has 0 spiro atoms. The van der Waals surface area contributed by atoms with Crippen molar-refractivity contribution in [2.45, 2.75) is 6.61 Å². The number of rotatable bonds is 8. The Labute approximate surface area is 151 Å². The van der Waals surface area contributed by atoms with Crippen LogP contribution in [0.1, 0.15) is 5.56 Å². The summed E-state index contributed by atoms with van der Waals surface area (Å²) in [5.74, 6) is -0.414. The number of thiocarbonyl (C=S) groups is 2. The minimum Gasteiger partial charge on any atom is -0.468 e. The van der Waals surface area contributed by atoms with Crippen molar-refractivity contribution in [1.29, 1.82) is 0 Å². The molecule has 0 saturated carbocycles. The number of esters is 1. The molecule has 0 aliphatic carbocycles. The van der Waals surface area contributed by atoms with Gasteiger partial charge in [0, 0.05) is 0 Å². The predicted octanol–water partition coefficient (Wildman–Crippen LogP) is 0.920. The average Bonchev–Trinajstić information content (AvgIpc) is 2.61. The van der Waals surface area contributed by atoms with Gasteiger partial charge in [-0.15, -0.1) is 0 Å². The lowest BCUT2D eigenvalue weighted by molar-refractivity contribution is -0.139. The van der Waals surface area contributed by atoms with Crippen LogP contribution in [0, 0.1) is 0 Å². The third-order valence-electron chi connectivity index (χ3n) is 2.71. The fourth-order valence-electron chi connectivity index (χ4n) is 1.47. The molecule has 0 atom stereocenters. The monoisotopic (exact) mass is 369 g/mol. The van der Waals surface area contributed by atoms with E-state index in [0.717, 1.165) is 5.56 Å². The Hall–Kier alpha value is -2.26. The first-order valence-electron chi connectivity index (χ1n) is 7.06. The van der Waals surface area contributed by atoms with Crippen LogP contribution >= 0.6 is 24.4 Å². The van der Waals surface area contributed by atoms with Crippen molar-refractivity contribution in [3.63, 3.8) is 0 Å². The molecule has 0 radical (unpaired) electrons. The molecule has 7 nitrogen and oxygen atoms in total. The van der Waals surface area contributed by atoms with Crippen molar-refractivity contribution in [3.05, 3.63) is 35.9 Å². The summed E-state index contributed by atoms with van der Waals surface area (Å²) >= 11 is 10.1. The number of methoxy groups -OCH3 is 1. The highest BCUT2D eigenvalue weighted by atomic mass is 32.1. The van der Waals surface area contributed by atoms with Crippen LogP contribution in [0.3, 0.4) is 0 Å². The summed E-state index contributed by atoms with van der Waals surface area (Å²) in [6.45, 7) is 0.566. The number of hydrogen-bond donors (Lipinski definition) is 3. The molecule has 0 saturated heterocycles. The topological polar surface area (TPSA) is 88.7 Å². The molecule has 0 aromatic heterocycles. The molecule has 1 amide bonds. The molecule has 0 aliphatic rings. The van der Waals surface area contributed by atoms with Crippen LogP contribution in [-0.2, 0) is 20.9 Å². The predicted molar refractivity (Wildman–Crippen MR) is 97.8 cm³/mol. The van der Waals surface area contributed by atoms with E-state index in [1.54, 1.807) is 0 Å². The van der Waals surface area contributed by atoms with Gasteiger partial charge in [-0.3, -0.25) is 4.79 Å². The maximum absolute atomic E-state index is 11.6. The second-order valence-electron chi connectivity index (χ2n) is 4.54. The number of ether oxygens (including phenoxy) is 2. The number of carbonyl (C=O) groups is 2. The minimum atomic E-state index is -0.561. The van der Waals surface area contributed by atoms with Crippen LogP contribution in [0.2, 0.25) is 0 Å². The van der Waals surface area contributed by atoms with Gasteiger partial charge in [-0.2, -0.15) is 0 Å².